The monoisotopic (exact) mass is 440 g/mol. The lowest BCUT2D eigenvalue weighted by Crippen LogP contribution is -2.49. The number of sulfonamides is 1. The molecule has 1 unspecified atom stereocenters. The predicted molar refractivity (Wildman–Crippen MR) is 121 cm³/mol. The molecule has 2 rings (SSSR count). The Morgan fingerprint density at radius 3 is 2.43 bits per heavy atom. The van der Waals surface area contributed by atoms with E-state index in [1.54, 1.807) is 29.2 Å². The van der Waals surface area contributed by atoms with E-state index >= 15 is 0 Å². The molecule has 0 aromatic heterocycles. The summed E-state index contributed by atoms with van der Waals surface area (Å²) in [5.74, 6) is 0.370. The molecular weight excluding hydrogens is 404 g/mol. The van der Waals surface area contributed by atoms with E-state index in [1.807, 2.05) is 14.0 Å². The number of carbonyl (C=O) groups excluding carboxylic acids is 1. The van der Waals surface area contributed by atoms with E-state index in [0.717, 1.165) is 25.2 Å². The highest BCUT2D eigenvalue weighted by Crippen LogP contribution is 2.17. The Balaban J connectivity index is 1.88. The van der Waals surface area contributed by atoms with E-state index < -0.39 is 10.0 Å². The maximum absolute atomic E-state index is 12.7. The van der Waals surface area contributed by atoms with Crippen LogP contribution in [0.25, 0.3) is 0 Å². The van der Waals surface area contributed by atoms with Crippen LogP contribution >= 0.6 is 0 Å². The van der Waals surface area contributed by atoms with Gasteiger partial charge in [0, 0.05) is 44.1 Å². The van der Waals surface area contributed by atoms with Gasteiger partial charge in [-0.3, -0.25) is 14.4 Å². The second-order valence-electron chi connectivity index (χ2n) is 8.37. The molecule has 8 nitrogen and oxygen atoms in total. The van der Waals surface area contributed by atoms with Crippen molar-refractivity contribution in [2.45, 2.75) is 45.8 Å². The number of anilines is 2. The van der Waals surface area contributed by atoms with E-state index in [2.05, 4.69) is 28.8 Å². The summed E-state index contributed by atoms with van der Waals surface area (Å²) in [5, 5.41) is 12.9. The van der Waals surface area contributed by atoms with Gasteiger partial charge in [0.1, 0.15) is 0 Å². The highest BCUT2D eigenvalue weighted by atomic mass is 32.2. The molecule has 2 atom stereocenters. The number of likely N-dealkylation sites (N-methyl/N-ethyl adjacent to an activating group) is 1. The third-order valence-electron chi connectivity index (χ3n) is 5.43. The molecule has 0 spiro atoms. The summed E-state index contributed by atoms with van der Waals surface area (Å²) in [5.41, 5.74) is 1.25. The minimum absolute atomic E-state index is 0.0128. The quantitative estimate of drug-likeness (QED) is 0.485. The van der Waals surface area contributed by atoms with E-state index in [9.17, 15) is 18.3 Å². The van der Waals surface area contributed by atoms with Gasteiger partial charge in [-0.2, -0.15) is 0 Å². The summed E-state index contributed by atoms with van der Waals surface area (Å²) in [6.07, 6.45) is 1.07. The number of aliphatic hydroxyl groups excluding tert-OH is 1. The first-order chi connectivity index (χ1) is 14.1. The zero-order valence-electron chi connectivity index (χ0n) is 18.5. The first-order valence-electron chi connectivity index (χ1n) is 10.6. The fourth-order valence-electron chi connectivity index (χ4n) is 3.67. The van der Waals surface area contributed by atoms with Gasteiger partial charge < -0.3 is 15.3 Å². The van der Waals surface area contributed by atoms with Crippen LogP contribution in [0.1, 0.15) is 33.6 Å². The molecule has 1 fully saturated rings. The van der Waals surface area contributed by atoms with Crippen molar-refractivity contribution in [2.75, 3.05) is 49.0 Å². The van der Waals surface area contributed by atoms with E-state index in [1.165, 1.54) is 0 Å². The summed E-state index contributed by atoms with van der Waals surface area (Å²) < 4.78 is 26.2. The molecule has 1 aliphatic heterocycles. The van der Waals surface area contributed by atoms with Crippen LogP contribution in [0.3, 0.4) is 0 Å². The lowest BCUT2D eigenvalue weighted by molar-refractivity contribution is -0.131. The molecule has 0 radical (unpaired) electrons. The van der Waals surface area contributed by atoms with Crippen molar-refractivity contribution in [3.05, 3.63) is 24.3 Å². The highest BCUT2D eigenvalue weighted by molar-refractivity contribution is 7.92. The molecule has 1 saturated heterocycles. The number of aliphatic hydroxyl groups is 1. The normalized spacial score (nSPS) is 18.4. The minimum Gasteiger partial charge on any atom is -0.392 e. The van der Waals surface area contributed by atoms with Crippen molar-refractivity contribution in [1.29, 1.82) is 0 Å². The van der Waals surface area contributed by atoms with Crippen LogP contribution in [-0.4, -0.2) is 80.4 Å². The number of rotatable bonds is 11. The van der Waals surface area contributed by atoms with Gasteiger partial charge in [-0.15, -0.1) is 0 Å². The van der Waals surface area contributed by atoms with Crippen LogP contribution in [0.5, 0.6) is 0 Å². The van der Waals surface area contributed by atoms with Crippen LogP contribution in [0.2, 0.25) is 0 Å². The van der Waals surface area contributed by atoms with Gasteiger partial charge in [0.2, 0.25) is 15.9 Å². The van der Waals surface area contributed by atoms with Crippen molar-refractivity contribution < 1.29 is 18.3 Å². The molecule has 1 aromatic rings. The molecule has 0 bridgehead atoms. The van der Waals surface area contributed by atoms with Gasteiger partial charge in [-0.25, -0.2) is 8.42 Å². The molecule has 170 valence electrons. The van der Waals surface area contributed by atoms with Crippen molar-refractivity contribution in [2.24, 2.45) is 5.92 Å². The Morgan fingerprint density at radius 1 is 1.27 bits per heavy atom. The summed E-state index contributed by atoms with van der Waals surface area (Å²) in [6, 6.07) is 6.93. The molecule has 3 N–H and O–H groups in total. The van der Waals surface area contributed by atoms with Gasteiger partial charge >= 0.3 is 0 Å². The average molecular weight is 441 g/mol. The molecule has 1 aromatic carbocycles. The highest BCUT2D eigenvalue weighted by Gasteiger charge is 2.28. The molecule has 30 heavy (non-hydrogen) atoms. The van der Waals surface area contributed by atoms with Gasteiger partial charge in [0.25, 0.3) is 0 Å². The smallest absolute Gasteiger partial charge is 0.241 e. The minimum atomic E-state index is -3.32. The van der Waals surface area contributed by atoms with Crippen LogP contribution in [0.15, 0.2) is 24.3 Å². The summed E-state index contributed by atoms with van der Waals surface area (Å²) >= 11 is 0. The fraction of sp³-hybridized carbons (Fsp3) is 0.667. The molecular formula is C21H36N4O4S. The largest absolute Gasteiger partial charge is 0.392 e. The van der Waals surface area contributed by atoms with Crippen LogP contribution < -0.4 is 10.0 Å². The Labute approximate surface area is 180 Å². The molecule has 0 saturated carbocycles. The third kappa shape index (κ3) is 7.45. The Hall–Kier alpha value is -1.84. The second-order valence-corrected chi connectivity index (χ2v) is 10.2. The van der Waals surface area contributed by atoms with Crippen molar-refractivity contribution in [3.8, 4) is 0 Å². The van der Waals surface area contributed by atoms with Crippen molar-refractivity contribution in [3.63, 3.8) is 0 Å². The van der Waals surface area contributed by atoms with E-state index in [-0.39, 0.29) is 30.4 Å². The first kappa shape index (κ1) is 24.4. The number of hydrogen-bond acceptors (Lipinski definition) is 6. The molecule has 1 aliphatic rings. The Morgan fingerprint density at radius 2 is 1.90 bits per heavy atom. The number of likely N-dealkylation sites (tertiary alicyclic amines) is 1. The number of hydrogen-bond donors (Lipinski definition) is 3. The van der Waals surface area contributed by atoms with Crippen LogP contribution in [-0.2, 0) is 14.8 Å². The summed E-state index contributed by atoms with van der Waals surface area (Å²) in [7, 11) is -1.49. The zero-order valence-corrected chi connectivity index (χ0v) is 19.3. The maximum atomic E-state index is 12.7. The van der Waals surface area contributed by atoms with Crippen LogP contribution in [0.4, 0.5) is 11.4 Å². The maximum Gasteiger partial charge on any atom is 0.241 e. The number of amides is 1. The average Bonchev–Trinajstić information content (AvgIpc) is 3.09. The lowest BCUT2D eigenvalue weighted by atomic mass is 10.0. The van der Waals surface area contributed by atoms with Crippen LogP contribution in [0, 0.1) is 5.92 Å². The van der Waals surface area contributed by atoms with Crippen molar-refractivity contribution in [1.82, 2.24) is 9.80 Å². The number of β-amino-alcohol motifs (C(OH)–C–C–N with tert-alkyl or cyclic N) is 1. The Bertz CT molecular complexity index is 783. The van der Waals surface area contributed by atoms with Gasteiger partial charge in [0.15, 0.2) is 0 Å². The molecule has 0 aliphatic carbocycles. The Kier molecular flexibility index (Phi) is 8.93. The first-order valence-corrected chi connectivity index (χ1v) is 12.3. The second kappa shape index (κ2) is 11.0. The predicted octanol–water partition coefficient (Wildman–Crippen LogP) is 1.80. The number of nitrogens with one attached hydrogen (secondary N) is 2. The SMILES string of the molecule is CCCS(=O)(=O)Nc1ccc(NCC(=O)N(C)[C@H](CN2CCC(O)C2)C(C)C)cc1. The molecule has 9 heteroatoms. The van der Waals surface area contributed by atoms with Gasteiger partial charge in [-0.1, -0.05) is 20.8 Å². The lowest BCUT2D eigenvalue weighted by Gasteiger charge is -2.34. The summed E-state index contributed by atoms with van der Waals surface area (Å²) in [4.78, 5) is 16.7. The standard InChI is InChI=1S/C21H36N4O4S/c1-5-12-30(28,29)23-18-8-6-17(7-9-18)22-13-21(27)24(4)20(16(2)3)15-25-11-10-19(26)14-25/h6-9,16,19-20,22-23,26H,5,10-15H2,1-4H3/t19?,20-/m1/s1. The summed E-state index contributed by atoms with van der Waals surface area (Å²) in [6.45, 7) is 8.46. The molecule has 1 amide bonds. The number of nitrogens with zero attached hydrogens (tertiary/aromatic N) is 2. The van der Waals surface area contributed by atoms with Crippen molar-refractivity contribution >= 4 is 27.3 Å². The number of carbonyl (C=O) groups is 1. The van der Waals surface area contributed by atoms with Gasteiger partial charge in [-0.05, 0) is 43.0 Å². The number of benzene rings is 1. The van der Waals surface area contributed by atoms with Gasteiger partial charge in [0.05, 0.1) is 18.4 Å². The fourth-order valence-corrected chi connectivity index (χ4v) is 4.80. The topological polar surface area (TPSA) is 102 Å². The van der Waals surface area contributed by atoms with E-state index in [4.69, 9.17) is 0 Å². The van der Waals surface area contributed by atoms with E-state index in [0.29, 0.717) is 24.6 Å². The molecule has 1 heterocycles. The zero-order chi connectivity index (χ0) is 22.3. The third-order valence-corrected chi connectivity index (χ3v) is 6.92.